The van der Waals surface area contributed by atoms with Crippen LogP contribution in [0.1, 0.15) is 41.8 Å². The number of nitriles is 1. The van der Waals surface area contributed by atoms with Crippen LogP contribution in [0, 0.1) is 11.3 Å². The summed E-state index contributed by atoms with van der Waals surface area (Å²) in [5.41, 5.74) is 2.73. The number of carbonyl (C=O) groups is 1. The molecular formula is C21H22N2O3S. The van der Waals surface area contributed by atoms with Gasteiger partial charge >= 0.3 is 0 Å². The van der Waals surface area contributed by atoms with Gasteiger partial charge in [0.15, 0.2) is 5.79 Å². The average molecular weight is 382 g/mol. The molecule has 27 heavy (non-hydrogen) atoms. The topological polar surface area (TPSA) is 62.6 Å². The second-order valence-corrected chi connectivity index (χ2v) is 8.35. The molecule has 6 heteroatoms. The summed E-state index contributed by atoms with van der Waals surface area (Å²) in [4.78, 5) is 15.3. The van der Waals surface area contributed by atoms with Crippen LogP contribution in [0.15, 0.2) is 30.3 Å². The predicted octanol–water partition coefficient (Wildman–Crippen LogP) is 3.79. The number of benzene rings is 1. The quantitative estimate of drug-likeness (QED) is 0.810. The van der Waals surface area contributed by atoms with Crippen molar-refractivity contribution in [3.63, 3.8) is 0 Å². The SMILES string of the molecule is CC(=O)N(Cc1ccccc1C#N)c1cc2c(s1)CC1(CC2)OCC(C)O1. The van der Waals surface area contributed by atoms with Crippen LogP contribution in [-0.2, 0) is 33.7 Å². The van der Waals surface area contributed by atoms with Crippen LogP contribution >= 0.6 is 11.3 Å². The number of anilines is 1. The molecule has 0 bridgehead atoms. The normalized spacial score (nSPS) is 23.8. The number of nitrogens with zero attached hydrogens (tertiary/aromatic N) is 2. The van der Waals surface area contributed by atoms with Gasteiger partial charge in [0.05, 0.1) is 35.9 Å². The van der Waals surface area contributed by atoms with Gasteiger partial charge in [0, 0.05) is 24.6 Å². The van der Waals surface area contributed by atoms with E-state index in [1.54, 1.807) is 29.2 Å². The maximum atomic E-state index is 12.4. The summed E-state index contributed by atoms with van der Waals surface area (Å²) in [5, 5.41) is 10.3. The smallest absolute Gasteiger partial charge is 0.224 e. The van der Waals surface area contributed by atoms with Gasteiger partial charge < -0.3 is 9.47 Å². The van der Waals surface area contributed by atoms with Crippen molar-refractivity contribution in [3.05, 3.63) is 51.9 Å². The number of hydrogen-bond donors (Lipinski definition) is 0. The molecule has 1 fully saturated rings. The lowest BCUT2D eigenvalue weighted by atomic mass is 9.93. The van der Waals surface area contributed by atoms with Gasteiger partial charge in [-0.15, -0.1) is 11.3 Å². The van der Waals surface area contributed by atoms with E-state index in [-0.39, 0.29) is 12.0 Å². The van der Waals surface area contributed by atoms with Gasteiger partial charge in [0.2, 0.25) is 5.91 Å². The molecule has 140 valence electrons. The number of aryl methyl sites for hydroxylation is 1. The van der Waals surface area contributed by atoms with Gasteiger partial charge in [-0.3, -0.25) is 9.69 Å². The highest BCUT2D eigenvalue weighted by Crippen LogP contribution is 2.43. The minimum Gasteiger partial charge on any atom is -0.347 e. The van der Waals surface area contributed by atoms with Crippen LogP contribution in [0.3, 0.4) is 0 Å². The van der Waals surface area contributed by atoms with Crippen molar-refractivity contribution in [2.24, 2.45) is 0 Å². The van der Waals surface area contributed by atoms with Gasteiger partial charge in [0.25, 0.3) is 0 Å². The Bertz CT molecular complexity index is 916. The molecule has 5 nitrogen and oxygen atoms in total. The summed E-state index contributed by atoms with van der Waals surface area (Å²) in [5.74, 6) is -0.527. The Morgan fingerprint density at radius 3 is 2.96 bits per heavy atom. The Morgan fingerprint density at radius 1 is 1.44 bits per heavy atom. The molecule has 1 spiro atoms. The molecule has 0 saturated carbocycles. The van der Waals surface area contributed by atoms with Gasteiger partial charge in [-0.05, 0) is 36.6 Å². The van der Waals surface area contributed by atoms with Gasteiger partial charge in [-0.25, -0.2) is 0 Å². The first-order valence-corrected chi connectivity index (χ1v) is 10.0. The van der Waals surface area contributed by atoms with E-state index in [1.165, 1.54) is 10.4 Å². The van der Waals surface area contributed by atoms with Crippen LogP contribution in [0.2, 0.25) is 0 Å². The molecule has 2 aromatic rings. The molecule has 1 amide bonds. The lowest BCUT2D eigenvalue weighted by Gasteiger charge is -2.31. The Labute approximate surface area is 163 Å². The minimum absolute atomic E-state index is 0.0296. The monoisotopic (exact) mass is 382 g/mol. The molecule has 2 unspecified atom stereocenters. The van der Waals surface area contributed by atoms with Crippen LogP contribution in [0.5, 0.6) is 0 Å². The maximum Gasteiger partial charge on any atom is 0.224 e. The second-order valence-electron chi connectivity index (χ2n) is 7.23. The van der Waals surface area contributed by atoms with Crippen molar-refractivity contribution in [1.29, 1.82) is 5.26 Å². The number of amides is 1. The Balaban J connectivity index is 1.60. The number of rotatable bonds is 3. The van der Waals surface area contributed by atoms with Crippen LogP contribution in [0.25, 0.3) is 0 Å². The van der Waals surface area contributed by atoms with E-state index in [0.717, 1.165) is 29.8 Å². The maximum absolute atomic E-state index is 12.4. The highest BCUT2D eigenvalue weighted by atomic mass is 32.1. The van der Waals surface area contributed by atoms with Crippen molar-refractivity contribution >= 4 is 22.2 Å². The fourth-order valence-corrected chi connectivity index (χ4v) is 5.15. The molecule has 2 atom stereocenters. The molecule has 1 aromatic carbocycles. The number of thiophene rings is 1. The molecule has 1 aliphatic heterocycles. The summed E-state index contributed by atoms with van der Waals surface area (Å²) in [6.45, 7) is 4.64. The van der Waals surface area contributed by atoms with E-state index in [9.17, 15) is 10.1 Å². The van der Waals surface area contributed by atoms with E-state index in [2.05, 4.69) is 12.1 Å². The zero-order chi connectivity index (χ0) is 19.0. The molecule has 2 heterocycles. The zero-order valence-electron chi connectivity index (χ0n) is 15.5. The third kappa shape index (κ3) is 3.51. The summed E-state index contributed by atoms with van der Waals surface area (Å²) >= 11 is 1.63. The number of ether oxygens (including phenoxy) is 2. The second kappa shape index (κ2) is 7.08. The van der Waals surface area contributed by atoms with E-state index >= 15 is 0 Å². The molecule has 0 radical (unpaired) electrons. The largest absolute Gasteiger partial charge is 0.347 e. The van der Waals surface area contributed by atoms with Crippen LogP contribution < -0.4 is 4.90 Å². The summed E-state index contributed by atoms with van der Waals surface area (Å²) < 4.78 is 12.0. The molecule has 4 rings (SSSR count). The number of hydrogen-bond acceptors (Lipinski definition) is 5. The van der Waals surface area contributed by atoms with Crippen molar-refractivity contribution in [2.75, 3.05) is 11.5 Å². The van der Waals surface area contributed by atoms with Crippen molar-refractivity contribution in [1.82, 2.24) is 0 Å². The number of fused-ring (bicyclic) bond motifs is 1. The summed E-state index contributed by atoms with van der Waals surface area (Å²) in [7, 11) is 0. The molecule has 1 saturated heterocycles. The molecule has 1 aromatic heterocycles. The van der Waals surface area contributed by atoms with Gasteiger partial charge in [0.1, 0.15) is 0 Å². The third-order valence-electron chi connectivity index (χ3n) is 5.20. The fraction of sp³-hybridized carbons (Fsp3) is 0.429. The zero-order valence-corrected chi connectivity index (χ0v) is 16.3. The van der Waals surface area contributed by atoms with Crippen molar-refractivity contribution in [3.8, 4) is 6.07 Å². The van der Waals surface area contributed by atoms with Crippen LogP contribution in [-0.4, -0.2) is 24.4 Å². The lowest BCUT2D eigenvalue weighted by Crippen LogP contribution is -2.36. The molecule has 2 aliphatic rings. The highest BCUT2D eigenvalue weighted by molar-refractivity contribution is 7.16. The van der Waals surface area contributed by atoms with E-state index in [4.69, 9.17) is 9.47 Å². The third-order valence-corrected chi connectivity index (χ3v) is 6.40. The Morgan fingerprint density at radius 2 is 2.26 bits per heavy atom. The Hall–Kier alpha value is -2.20. The molecule has 1 aliphatic carbocycles. The average Bonchev–Trinajstić information content (AvgIpc) is 3.22. The molecular weight excluding hydrogens is 360 g/mol. The standard InChI is InChI=1S/C21H22N2O3S/c1-14-13-25-21(26-14)8-7-16-9-20(27-19(16)10-21)23(15(2)24)12-18-6-4-3-5-17(18)11-22/h3-6,9,14H,7-8,10,12-13H2,1-2H3. The predicted molar refractivity (Wildman–Crippen MR) is 104 cm³/mol. The van der Waals surface area contributed by atoms with Crippen molar-refractivity contribution < 1.29 is 14.3 Å². The fourth-order valence-electron chi connectivity index (χ4n) is 3.81. The van der Waals surface area contributed by atoms with E-state index in [0.29, 0.717) is 18.7 Å². The first kappa shape index (κ1) is 18.2. The first-order valence-electron chi connectivity index (χ1n) is 9.19. The van der Waals surface area contributed by atoms with E-state index in [1.807, 2.05) is 25.1 Å². The molecule has 0 N–H and O–H groups in total. The Kier molecular flexibility index (Phi) is 4.77. The van der Waals surface area contributed by atoms with Crippen molar-refractivity contribution in [2.45, 2.75) is 51.5 Å². The van der Waals surface area contributed by atoms with Crippen LogP contribution in [0.4, 0.5) is 5.00 Å². The van der Waals surface area contributed by atoms with Gasteiger partial charge in [-0.1, -0.05) is 18.2 Å². The highest BCUT2D eigenvalue weighted by Gasteiger charge is 2.43. The number of carbonyl (C=O) groups excluding carboxylic acids is 1. The summed E-state index contributed by atoms with van der Waals surface area (Å²) in [6.07, 6.45) is 2.59. The lowest BCUT2D eigenvalue weighted by molar-refractivity contribution is -0.172. The van der Waals surface area contributed by atoms with E-state index < -0.39 is 5.79 Å². The minimum atomic E-state index is -0.497. The first-order chi connectivity index (χ1) is 13.0. The van der Waals surface area contributed by atoms with Gasteiger partial charge in [-0.2, -0.15) is 5.26 Å². The summed E-state index contributed by atoms with van der Waals surface area (Å²) in [6, 6.07) is 11.7.